The van der Waals surface area contributed by atoms with Crippen molar-refractivity contribution in [1.82, 2.24) is 10.6 Å². The van der Waals surface area contributed by atoms with Gasteiger partial charge in [0.2, 0.25) is 5.91 Å². The Hall–Kier alpha value is -2.83. The summed E-state index contributed by atoms with van der Waals surface area (Å²) in [7, 11) is 1.50. The Bertz CT molecular complexity index is 1010. The molecule has 1 aliphatic heterocycles. The molecule has 7 nitrogen and oxygen atoms in total. The van der Waals surface area contributed by atoms with Crippen LogP contribution in [0.25, 0.3) is 11.0 Å². The third-order valence-corrected chi connectivity index (χ3v) is 6.49. The van der Waals surface area contributed by atoms with E-state index in [0.717, 1.165) is 25.7 Å². The lowest BCUT2D eigenvalue weighted by atomic mass is 9.70. The molecule has 1 saturated heterocycles. The van der Waals surface area contributed by atoms with Crippen LogP contribution in [0.5, 0.6) is 5.75 Å². The van der Waals surface area contributed by atoms with Crippen molar-refractivity contribution in [2.45, 2.75) is 57.5 Å². The fraction of sp³-hybridized carbons (Fsp3) is 0.522. The normalized spacial score (nSPS) is 26.0. The minimum atomic E-state index is -0.688. The van der Waals surface area contributed by atoms with Gasteiger partial charge in [0.1, 0.15) is 5.56 Å². The average Bonchev–Trinajstić information content (AvgIpc) is 2.72. The van der Waals surface area contributed by atoms with Crippen molar-refractivity contribution < 1.29 is 18.7 Å². The number of ether oxygens (including phenoxy) is 1. The van der Waals surface area contributed by atoms with E-state index in [4.69, 9.17) is 9.15 Å². The monoisotopic (exact) mass is 412 g/mol. The van der Waals surface area contributed by atoms with Crippen LogP contribution in [0.4, 0.5) is 0 Å². The predicted molar refractivity (Wildman–Crippen MR) is 113 cm³/mol. The van der Waals surface area contributed by atoms with Gasteiger partial charge in [0.05, 0.1) is 7.11 Å². The van der Waals surface area contributed by atoms with Crippen molar-refractivity contribution in [2.24, 2.45) is 11.8 Å². The lowest BCUT2D eigenvalue weighted by molar-refractivity contribution is -0.127. The first-order valence-corrected chi connectivity index (χ1v) is 10.7. The minimum absolute atomic E-state index is 0.0191. The molecular weight excluding hydrogens is 384 g/mol. The van der Waals surface area contributed by atoms with Crippen LogP contribution in [0.2, 0.25) is 0 Å². The van der Waals surface area contributed by atoms with Crippen LogP contribution in [0.15, 0.2) is 33.5 Å². The molecule has 2 amide bonds. The number of hydrogen-bond acceptors (Lipinski definition) is 5. The Morgan fingerprint density at radius 1 is 1.30 bits per heavy atom. The number of benzene rings is 1. The summed E-state index contributed by atoms with van der Waals surface area (Å²) in [5, 5.41) is 6.73. The molecule has 0 bridgehead atoms. The highest BCUT2D eigenvalue weighted by atomic mass is 16.5. The van der Waals surface area contributed by atoms with E-state index in [1.165, 1.54) is 7.11 Å². The molecule has 4 atom stereocenters. The number of carbonyl (C=O) groups is 2. The summed E-state index contributed by atoms with van der Waals surface area (Å²) in [6.07, 6.45) is 5.24. The molecule has 30 heavy (non-hydrogen) atoms. The number of fused-ring (bicyclic) bond motifs is 2. The van der Waals surface area contributed by atoms with Crippen LogP contribution < -0.4 is 21.0 Å². The third-order valence-electron chi connectivity index (χ3n) is 6.49. The van der Waals surface area contributed by atoms with Crippen molar-refractivity contribution in [2.75, 3.05) is 7.11 Å². The zero-order valence-corrected chi connectivity index (χ0v) is 17.4. The van der Waals surface area contributed by atoms with Crippen molar-refractivity contribution >= 4 is 22.8 Å². The van der Waals surface area contributed by atoms with Gasteiger partial charge >= 0.3 is 5.63 Å². The summed E-state index contributed by atoms with van der Waals surface area (Å²) < 4.78 is 10.6. The summed E-state index contributed by atoms with van der Waals surface area (Å²) in [4.78, 5) is 37.4. The third kappa shape index (κ3) is 3.93. The van der Waals surface area contributed by atoms with Gasteiger partial charge in [0.25, 0.3) is 5.91 Å². The van der Waals surface area contributed by atoms with E-state index in [9.17, 15) is 14.4 Å². The maximum absolute atomic E-state index is 12.8. The molecule has 4 rings (SSSR count). The quantitative estimate of drug-likeness (QED) is 0.736. The lowest BCUT2D eigenvalue weighted by Gasteiger charge is -2.44. The topological polar surface area (TPSA) is 97.6 Å². The molecular formula is C23H28N2O5. The molecule has 7 heteroatoms. The standard InChI is InChI=1S/C23H28N2O5/c1-3-5-13-11-20(26)25-18-12-15(8-9-16(13)18)24-22(27)17-10-14-6-4-7-19(29-2)21(14)30-23(17)28/h4,6-7,10,13,15-16,18H,3,5,8-9,11-12H2,1-2H3,(H,24,27)(H,25,26). The largest absolute Gasteiger partial charge is 0.493 e. The van der Waals surface area contributed by atoms with Gasteiger partial charge < -0.3 is 19.8 Å². The van der Waals surface area contributed by atoms with Crippen molar-refractivity contribution in [3.8, 4) is 5.75 Å². The van der Waals surface area contributed by atoms with Crippen molar-refractivity contribution in [3.63, 3.8) is 0 Å². The molecule has 2 aliphatic rings. The van der Waals surface area contributed by atoms with E-state index >= 15 is 0 Å². The molecule has 1 saturated carbocycles. The Morgan fingerprint density at radius 3 is 2.90 bits per heavy atom. The first-order valence-electron chi connectivity index (χ1n) is 10.7. The number of carbonyl (C=O) groups excluding carboxylic acids is 2. The molecule has 1 aliphatic carbocycles. The van der Waals surface area contributed by atoms with Gasteiger partial charge in [-0.2, -0.15) is 0 Å². The highest BCUT2D eigenvalue weighted by Crippen LogP contribution is 2.37. The van der Waals surface area contributed by atoms with Gasteiger partial charge in [-0.3, -0.25) is 9.59 Å². The lowest BCUT2D eigenvalue weighted by Crippen LogP contribution is -2.55. The Kier molecular flexibility index (Phi) is 5.79. The number of nitrogens with one attached hydrogen (secondary N) is 2. The molecule has 0 radical (unpaired) electrons. The molecule has 1 aromatic heterocycles. The average molecular weight is 412 g/mol. The van der Waals surface area contributed by atoms with E-state index in [1.54, 1.807) is 24.3 Å². The van der Waals surface area contributed by atoms with E-state index in [-0.39, 0.29) is 23.6 Å². The van der Waals surface area contributed by atoms with E-state index in [0.29, 0.717) is 41.4 Å². The first kappa shape index (κ1) is 20.4. The Labute approximate surface area is 175 Å². The van der Waals surface area contributed by atoms with Gasteiger partial charge in [-0.1, -0.05) is 25.5 Å². The van der Waals surface area contributed by atoms with Crippen molar-refractivity contribution in [3.05, 3.63) is 40.2 Å². The molecule has 4 unspecified atom stereocenters. The summed E-state index contributed by atoms with van der Waals surface area (Å²) in [5.41, 5.74) is -0.379. The van der Waals surface area contributed by atoms with Gasteiger partial charge in [-0.25, -0.2) is 4.79 Å². The van der Waals surface area contributed by atoms with E-state index in [1.807, 2.05) is 0 Å². The summed E-state index contributed by atoms with van der Waals surface area (Å²) in [5.74, 6) is 1.00. The molecule has 2 N–H and O–H groups in total. The maximum Gasteiger partial charge on any atom is 0.349 e. The number of rotatable bonds is 5. The first-order chi connectivity index (χ1) is 14.5. The van der Waals surface area contributed by atoms with Gasteiger partial charge in [0, 0.05) is 23.9 Å². The Balaban J connectivity index is 1.49. The van der Waals surface area contributed by atoms with Gasteiger partial charge in [0.15, 0.2) is 11.3 Å². The summed E-state index contributed by atoms with van der Waals surface area (Å²) in [6, 6.07) is 6.80. The Morgan fingerprint density at radius 2 is 2.13 bits per heavy atom. The highest BCUT2D eigenvalue weighted by Gasteiger charge is 2.40. The zero-order valence-electron chi connectivity index (χ0n) is 17.4. The fourth-order valence-corrected chi connectivity index (χ4v) is 5.10. The SMILES string of the molecule is CCCC1CC(=O)NC2CC(NC(=O)c3cc4cccc(OC)c4oc3=O)CCC12. The zero-order chi connectivity index (χ0) is 21.3. The summed E-state index contributed by atoms with van der Waals surface area (Å²) in [6.45, 7) is 2.15. The number of amides is 2. The predicted octanol–water partition coefficient (Wildman–Crippen LogP) is 3.00. The smallest absolute Gasteiger partial charge is 0.349 e. The number of para-hydroxylation sites is 1. The molecule has 2 heterocycles. The van der Waals surface area contributed by atoms with Crippen LogP contribution >= 0.6 is 0 Å². The minimum Gasteiger partial charge on any atom is -0.493 e. The fourth-order valence-electron chi connectivity index (χ4n) is 5.10. The van der Waals surface area contributed by atoms with Crippen LogP contribution in [0.3, 0.4) is 0 Å². The van der Waals surface area contributed by atoms with Crippen LogP contribution in [0.1, 0.15) is 55.8 Å². The number of methoxy groups -OCH3 is 1. The van der Waals surface area contributed by atoms with Crippen LogP contribution in [-0.4, -0.2) is 31.0 Å². The van der Waals surface area contributed by atoms with Gasteiger partial charge in [-0.15, -0.1) is 0 Å². The number of piperidine rings is 1. The van der Waals surface area contributed by atoms with E-state index < -0.39 is 11.5 Å². The second-order valence-corrected chi connectivity index (χ2v) is 8.40. The van der Waals surface area contributed by atoms with Crippen molar-refractivity contribution in [1.29, 1.82) is 0 Å². The van der Waals surface area contributed by atoms with Crippen LogP contribution in [0, 0.1) is 11.8 Å². The van der Waals surface area contributed by atoms with Crippen LogP contribution in [-0.2, 0) is 4.79 Å². The molecule has 160 valence electrons. The molecule has 2 fully saturated rings. The number of hydrogen-bond donors (Lipinski definition) is 2. The highest BCUT2D eigenvalue weighted by molar-refractivity contribution is 5.97. The van der Waals surface area contributed by atoms with Gasteiger partial charge in [-0.05, 0) is 49.7 Å². The maximum atomic E-state index is 12.8. The molecule has 2 aromatic rings. The summed E-state index contributed by atoms with van der Waals surface area (Å²) >= 11 is 0. The second kappa shape index (κ2) is 8.50. The second-order valence-electron chi connectivity index (χ2n) is 8.40. The molecule has 0 spiro atoms. The van der Waals surface area contributed by atoms with E-state index in [2.05, 4.69) is 17.6 Å². The molecule has 1 aromatic carbocycles.